The maximum absolute atomic E-state index is 11.1. The maximum Gasteiger partial charge on any atom is 0.221 e. The van der Waals surface area contributed by atoms with Gasteiger partial charge in [0.1, 0.15) is 0 Å². The van der Waals surface area contributed by atoms with Crippen LogP contribution in [0.3, 0.4) is 0 Å². The van der Waals surface area contributed by atoms with Gasteiger partial charge in [-0.25, -0.2) is 0 Å². The second-order valence-electron chi connectivity index (χ2n) is 4.89. The monoisotopic (exact) mass is 288 g/mol. The quantitative estimate of drug-likeness (QED) is 0.759. The number of aromatic nitrogens is 2. The van der Waals surface area contributed by atoms with Crippen molar-refractivity contribution in [3.05, 3.63) is 42.2 Å². The van der Waals surface area contributed by atoms with E-state index in [0.717, 1.165) is 16.9 Å². The van der Waals surface area contributed by atoms with Crippen LogP contribution in [-0.2, 0) is 11.3 Å². The summed E-state index contributed by atoms with van der Waals surface area (Å²) in [5.74, 6) is -0.0851. The third-order valence-corrected chi connectivity index (χ3v) is 3.05. The minimum atomic E-state index is -0.0851. The Morgan fingerprint density at radius 3 is 2.95 bits per heavy atom. The normalized spacial score (nSPS) is 12.0. The molecule has 21 heavy (non-hydrogen) atoms. The average Bonchev–Trinajstić information content (AvgIpc) is 2.86. The van der Waals surface area contributed by atoms with E-state index >= 15 is 0 Å². The van der Waals surface area contributed by atoms with Crippen LogP contribution in [0.5, 0.6) is 0 Å². The topological polar surface area (TPSA) is 79.2 Å². The van der Waals surface area contributed by atoms with Crippen LogP contribution >= 0.6 is 0 Å². The molecule has 2 rings (SSSR count). The molecule has 2 aromatic rings. The van der Waals surface area contributed by atoms with Gasteiger partial charge in [-0.15, -0.1) is 0 Å². The Balaban J connectivity index is 2.04. The van der Waals surface area contributed by atoms with E-state index in [1.807, 2.05) is 37.4 Å². The Morgan fingerprint density at radius 1 is 1.43 bits per heavy atom. The molecule has 0 aliphatic heterocycles. The summed E-state index contributed by atoms with van der Waals surface area (Å²) in [6.07, 6.45) is 3.58. The van der Waals surface area contributed by atoms with Crippen molar-refractivity contribution in [3.63, 3.8) is 0 Å². The molecule has 1 heterocycles. The van der Waals surface area contributed by atoms with E-state index in [1.165, 1.54) is 6.92 Å². The summed E-state index contributed by atoms with van der Waals surface area (Å²) in [7, 11) is 0. The number of anilines is 2. The first-order valence-electron chi connectivity index (χ1n) is 6.86. The summed E-state index contributed by atoms with van der Waals surface area (Å²) in [4.78, 5) is 11.1. The first kappa shape index (κ1) is 15.1. The van der Waals surface area contributed by atoms with Crippen molar-refractivity contribution >= 4 is 17.3 Å². The molecular weight excluding hydrogens is 268 g/mol. The third kappa shape index (κ3) is 4.32. The highest BCUT2D eigenvalue weighted by molar-refractivity contribution is 5.88. The van der Waals surface area contributed by atoms with E-state index < -0.39 is 0 Å². The van der Waals surface area contributed by atoms with Gasteiger partial charge in [-0.1, -0.05) is 12.1 Å². The van der Waals surface area contributed by atoms with Crippen molar-refractivity contribution in [3.8, 4) is 0 Å². The Morgan fingerprint density at radius 2 is 2.24 bits per heavy atom. The van der Waals surface area contributed by atoms with Crippen LogP contribution in [0.2, 0.25) is 0 Å². The lowest BCUT2D eigenvalue weighted by molar-refractivity contribution is -0.114. The van der Waals surface area contributed by atoms with Gasteiger partial charge in [-0.2, -0.15) is 5.10 Å². The minimum absolute atomic E-state index is 0.0649. The zero-order valence-corrected chi connectivity index (χ0v) is 12.2. The van der Waals surface area contributed by atoms with Gasteiger partial charge < -0.3 is 15.7 Å². The molecule has 0 saturated heterocycles. The van der Waals surface area contributed by atoms with Crippen molar-refractivity contribution in [1.29, 1.82) is 0 Å². The molecule has 6 nitrogen and oxygen atoms in total. The number of nitrogens with one attached hydrogen (secondary N) is 2. The summed E-state index contributed by atoms with van der Waals surface area (Å²) in [6, 6.07) is 7.79. The summed E-state index contributed by atoms with van der Waals surface area (Å²) < 4.78 is 1.68. The predicted octanol–water partition coefficient (Wildman–Crippen LogP) is 2.01. The van der Waals surface area contributed by atoms with Crippen LogP contribution in [0.15, 0.2) is 36.7 Å². The number of carbonyl (C=O) groups excluding carboxylic acids is 1. The van der Waals surface area contributed by atoms with Crippen molar-refractivity contribution in [1.82, 2.24) is 9.78 Å². The predicted molar refractivity (Wildman–Crippen MR) is 82.1 cm³/mol. The molecule has 0 aliphatic rings. The minimum Gasteiger partial charge on any atom is -0.394 e. The molecule has 1 unspecified atom stereocenters. The summed E-state index contributed by atoms with van der Waals surface area (Å²) in [5.41, 5.74) is 2.74. The van der Waals surface area contributed by atoms with E-state index in [1.54, 1.807) is 10.9 Å². The standard InChI is InChI=1S/C15H20N4O2/c1-11(17-15-9-16-19(10-15)6-7-20)13-4-3-5-14(8-13)18-12(2)21/h3-5,8-11,17,20H,6-7H2,1-2H3,(H,18,21). The Hall–Kier alpha value is -2.34. The number of aliphatic hydroxyl groups excluding tert-OH is 1. The number of aliphatic hydroxyl groups is 1. The van der Waals surface area contributed by atoms with Gasteiger partial charge in [-0.05, 0) is 24.6 Å². The molecule has 0 aliphatic carbocycles. The number of hydrogen-bond acceptors (Lipinski definition) is 4. The fourth-order valence-electron chi connectivity index (χ4n) is 2.09. The molecule has 0 fully saturated rings. The van der Waals surface area contributed by atoms with E-state index in [2.05, 4.69) is 15.7 Å². The molecule has 0 bridgehead atoms. The van der Waals surface area contributed by atoms with Gasteiger partial charge >= 0.3 is 0 Å². The molecule has 3 N–H and O–H groups in total. The molecule has 1 atom stereocenters. The van der Waals surface area contributed by atoms with Crippen molar-refractivity contribution in [2.45, 2.75) is 26.4 Å². The average molecular weight is 288 g/mol. The zero-order valence-electron chi connectivity index (χ0n) is 12.2. The van der Waals surface area contributed by atoms with Crippen LogP contribution in [0.25, 0.3) is 0 Å². The molecule has 1 amide bonds. The highest BCUT2D eigenvalue weighted by atomic mass is 16.3. The first-order valence-corrected chi connectivity index (χ1v) is 6.86. The lowest BCUT2D eigenvalue weighted by Gasteiger charge is -2.15. The molecule has 6 heteroatoms. The summed E-state index contributed by atoms with van der Waals surface area (Å²) in [6.45, 7) is 4.07. The molecule has 112 valence electrons. The summed E-state index contributed by atoms with van der Waals surface area (Å²) >= 11 is 0. The number of benzene rings is 1. The van der Waals surface area contributed by atoms with E-state index in [0.29, 0.717) is 6.54 Å². The van der Waals surface area contributed by atoms with Gasteiger partial charge in [0.05, 0.1) is 25.0 Å². The smallest absolute Gasteiger partial charge is 0.221 e. The number of nitrogens with zero attached hydrogens (tertiary/aromatic N) is 2. The van der Waals surface area contributed by atoms with Gasteiger partial charge in [0, 0.05) is 24.8 Å². The fourth-order valence-corrected chi connectivity index (χ4v) is 2.09. The van der Waals surface area contributed by atoms with Crippen LogP contribution in [0.1, 0.15) is 25.5 Å². The molecule has 0 spiro atoms. The van der Waals surface area contributed by atoms with E-state index in [9.17, 15) is 4.79 Å². The molecule has 1 aromatic carbocycles. The van der Waals surface area contributed by atoms with Gasteiger partial charge in [0.2, 0.25) is 5.91 Å². The van der Waals surface area contributed by atoms with Gasteiger partial charge in [-0.3, -0.25) is 9.48 Å². The second kappa shape index (κ2) is 6.90. The SMILES string of the molecule is CC(=O)Nc1cccc(C(C)Nc2cnn(CCO)c2)c1. The zero-order chi connectivity index (χ0) is 15.2. The lowest BCUT2D eigenvalue weighted by Crippen LogP contribution is -2.09. The number of rotatable bonds is 6. The maximum atomic E-state index is 11.1. The molecule has 0 saturated carbocycles. The number of carbonyl (C=O) groups is 1. The van der Waals surface area contributed by atoms with Gasteiger partial charge in [0.25, 0.3) is 0 Å². The first-order chi connectivity index (χ1) is 10.1. The molecule has 0 radical (unpaired) electrons. The Labute approximate surface area is 123 Å². The van der Waals surface area contributed by atoms with Crippen molar-refractivity contribution in [2.24, 2.45) is 0 Å². The van der Waals surface area contributed by atoms with Crippen molar-refractivity contribution < 1.29 is 9.90 Å². The Bertz CT molecular complexity index is 609. The largest absolute Gasteiger partial charge is 0.394 e. The third-order valence-electron chi connectivity index (χ3n) is 3.05. The van der Waals surface area contributed by atoms with E-state index in [-0.39, 0.29) is 18.6 Å². The van der Waals surface area contributed by atoms with Crippen LogP contribution in [0.4, 0.5) is 11.4 Å². The summed E-state index contributed by atoms with van der Waals surface area (Å²) in [5, 5.41) is 19.1. The Kier molecular flexibility index (Phi) is 4.94. The number of amides is 1. The second-order valence-corrected chi connectivity index (χ2v) is 4.89. The highest BCUT2D eigenvalue weighted by Gasteiger charge is 2.08. The van der Waals surface area contributed by atoms with Crippen LogP contribution in [0, 0.1) is 0 Å². The van der Waals surface area contributed by atoms with Crippen LogP contribution in [-0.4, -0.2) is 27.4 Å². The number of hydrogen-bond donors (Lipinski definition) is 3. The van der Waals surface area contributed by atoms with Crippen LogP contribution < -0.4 is 10.6 Å². The highest BCUT2D eigenvalue weighted by Crippen LogP contribution is 2.21. The molecule has 1 aromatic heterocycles. The van der Waals surface area contributed by atoms with E-state index in [4.69, 9.17) is 5.11 Å². The lowest BCUT2D eigenvalue weighted by atomic mass is 10.1. The van der Waals surface area contributed by atoms with Crippen molar-refractivity contribution in [2.75, 3.05) is 17.2 Å². The fraction of sp³-hybridized carbons (Fsp3) is 0.333. The van der Waals surface area contributed by atoms with Gasteiger partial charge in [0.15, 0.2) is 0 Å². The molecular formula is C15H20N4O2.